The Bertz CT molecular complexity index is 877. The summed E-state index contributed by atoms with van der Waals surface area (Å²) in [5.74, 6) is 0.195. The number of aliphatic hydroxyl groups is 1. The Balaban J connectivity index is 1.41. The van der Waals surface area contributed by atoms with Gasteiger partial charge in [-0.25, -0.2) is 4.39 Å². The molecule has 1 N–H and O–H groups in total. The van der Waals surface area contributed by atoms with Crippen molar-refractivity contribution >= 4 is 5.91 Å². The minimum absolute atomic E-state index is 0.0914. The second kappa shape index (κ2) is 6.68. The van der Waals surface area contributed by atoms with Crippen molar-refractivity contribution < 1.29 is 14.3 Å². The molecule has 1 amide bonds. The van der Waals surface area contributed by atoms with Crippen LogP contribution in [-0.2, 0) is 0 Å². The highest BCUT2D eigenvalue weighted by molar-refractivity contribution is 5.95. The predicted octanol–water partition coefficient (Wildman–Crippen LogP) is 2.89. The van der Waals surface area contributed by atoms with Crippen LogP contribution in [0.1, 0.15) is 34.7 Å². The summed E-state index contributed by atoms with van der Waals surface area (Å²) in [4.78, 5) is 17.0. The lowest BCUT2D eigenvalue weighted by atomic mass is 9.60. The fraction of sp³-hybridized carbons (Fsp3) is 0.435. The van der Waals surface area contributed by atoms with E-state index in [0.29, 0.717) is 19.0 Å². The molecule has 2 aliphatic heterocycles. The van der Waals surface area contributed by atoms with Crippen LogP contribution in [0.15, 0.2) is 54.6 Å². The molecule has 2 heterocycles. The summed E-state index contributed by atoms with van der Waals surface area (Å²) in [5.41, 5.74) is 1.21. The van der Waals surface area contributed by atoms with Crippen molar-refractivity contribution in [2.75, 3.05) is 26.2 Å². The van der Waals surface area contributed by atoms with Gasteiger partial charge in [-0.2, -0.15) is 0 Å². The van der Waals surface area contributed by atoms with Crippen LogP contribution in [0.2, 0.25) is 0 Å². The number of carbonyl (C=O) groups excluding carboxylic acids is 1. The highest BCUT2D eigenvalue weighted by atomic mass is 19.1. The first-order chi connectivity index (χ1) is 13.6. The number of likely N-dealkylation sites (tertiary alicyclic amines) is 2. The Hall–Kier alpha value is -2.24. The Kier molecular flexibility index (Phi) is 4.25. The average molecular weight is 380 g/mol. The predicted molar refractivity (Wildman–Crippen MR) is 105 cm³/mol. The Morgan fingerprint density at radius 2 is 1.75 bits per heavy atom. The van der Waals surface area contributed by atoms with Crippen molar-refractivity contribution in [3.63, 3.8) is 0 Å². The molecule has 4 nitrogen and oxygen atoms in total. The lowest BCUT2D eigenvalue weighted by molar-refractivity contribution is -0.180. The molecule has 28 heavy (non-hydrogen) atoms. The average Bonchev–Trinajstić information content (AvgIpc) is 3.49. The van der Waals surface area contributed by atoms with Gasteiger partial charge in [0.05, 0.1) is 17.7 Å². The van der Waals surface area contributed by atoms with E-state index >= 15 is 0 Å². The maximum Gasteiger partial charge on any atom is 0.256 e. The van der Waals surface area contributed by atoms with Gasteiger partial charge in [-0.15, -0.1) is 0 Å². The number of benzene rings is 2. The van der Waals surface area contributed by atoms with Gasteiger partial charge in [0, 0.05) is 31.6 Å². The van der Waals surface area contributed by atoms with Crippen LogP contribution in [0.3, 0.4) is 0 Å². The van der Waals surface area contributed by atoms with E-state index in [0.717, 1.165) is 6.54 Å². The molecule has 2 aromatic carbocycles. The molecule has 2 aromatic rings. The minimum Gasteiger partial charge on any atom is -0.395 e. The summed E-state index contributed by atoms with van der Waals surface area (Å²) in [6, 6.07) is 16.6. The number of hydrogen-bond acceptors (Lipinski definition) is 3. The molecule has 146 valence electrons. The number of nitrogens with zero attached hydrogens (tertiary/aromatic N) is 2. The Morgan fingerprint density at radius 3 is 2.39 bits per heavy atom. The van der Waals surface area contributed by atoms with E-state index in [4.69, 9.17) is 0 Å². The van der Waals surface area contributed by atoms with E-state index in [1.807, 2.05) is 18.2 Å². The molecule has 1 saturated carbocycles. The van der Waals surface area contributed by atoms with Crippen LogP contribution in [-0.4, -0.2) is 58.6 Å². The van der Waals surface area contributed by atoms with Crippen LogP contribution >= 0.6 is 0 Å². The maximum atomic E-state index is 14.1. The Labute approximate surface area is 164 Å². The van der Waals surface area contributed by atoms with E-state index in [1.54, 1.807) is 23.1 Å². The van der Waals surface area contributed by atoms with E-state index in [-0.39, 0.29) is 35.6 Å². The van der Waals surface area contributed by atoms with Gasteiger partial charge in [0.15, 0.2) is 0 Å². The molecule has 5 heteroatoms. The van der Waals surface area contributed by atoms with Crippen LogP contribution in [0.5, 0.6) is 0 Å². The molecular formula is C23H25FN2O2. The first-order valence-corrected chi connectivity index (χ1v) is 10.1. The monoisotopic (exact) mass is 380 g/mol. The van der Waals surface area contributed by atoms with Crippen LogP contribution in [0.25, 0.3) is 0 Å². The smallest absolute Gasteiger partial charge is 0.256 e. The zero-order chi connectivity index (χ0) is 19.3. The van der Waals surface area contributed by atoms with E-state index in [2.05, 4.69) is 17.0 Å². The molecule has 2 atom stereocenters. The third-order valence-electron chi connectivity index (χ3n) is 6.75. The van der Waals surface area contributed by atoms with Gasteiger partial charge in [0.2, 0.25) is 0 Å². The Morgan fingerprint density at radius 1 is 1.07 bits per heavy atom. The summed E-state index contributed by atoms with van der Waals surface area (Å²) in [5, 5.41) is 10.1. The highest BCUT2D eigenvalue weighted by Gasteiger charge is 2.66. The molecule has 3 aliphatic rings. The van der Waals surface area contributed by atoms with Gasteiger partial charge in [-0.1, -0.05) is 42.5 Å². The van der Waals surface area contributed by atoms with Crippen molar-refractivity contribution in [3.8, 4) is 0 Å². The minimum atomic E-state index is -0.468. The first-order valence-electron chi connectivity index (χ1n) is 10.1. The largest absolute Gasteiger partial charge is 0.395 e. The summed E-state index contributed by atoms with van der Waals surface area (Å²) in [6.07, 6.45) is 2.50. The SMILES string of the molecule is O=C(c1ccccc1F)N1CC2(C1)[C@@H](c1ccccc1)[C@H](CO)N2CC1CC1. The first kappa shape index (κ1) is 17.8. The van der Waals surface area contributed by atoms with Gasteiger partial charge < -0.3 is 10.0 Å². The molecular weight excluding hydrogens is 355 g/mol. The van der Waals surface area contributed by atoms with Crippen LogP contribution < -0.4 is 0 Å². The molecule has 1 aliphatic carbocycles. The molecule has 3 fully saturated rings. The second-order valence-electron chi connectivity index (χ2n) is 8.48. The summed E-state index contributed by atoms with van der Waals surface area (Å²) >= 11 is 0. The molecule has 0 bridgehead atoms. The molecule has 5 rings (SSSR count). The van der Waals surface area contributed by atoms with E-state index < -0.39 is 5.82 Å². The molecule has 0 radical (unpaired) electrons. The highest BCUT2D eigenvalue weighted by Crippen LogP contribution is 2.55. The van der Waals surface area contributed by atoms with Gasteiger partial charge >= 0.3 is 0 Å². The fourth-order valence-electron chi connectivity index (χ4n) is 5.20. The molecule has 0 aromatic heterocycles. The standard InChI is InChI=1S/C23H25FN2O2/c24-19-9-5-4-8-18(19)22(28)25-14-23(15-25)21(17-6-2-1-3-7-17)20(13-27)26(23)12-16-10-11-16/h1-9,16,20-21,27H,10-15H2/t20-,21-/m0/s1. The van der Waals surface area contributed by atoms with Gasteiger partial charge in [0.25, 0.3) is 5.91 Å². The zero-order valence-corrected chi connectivity index (χ0v) is 15.8. The summed E-state index contributed by atoms with van der Waals surface area (Å²) in [6.45, 7) is 2.28. The lowest BCUT2D eigenvalue weighted by Gasteiger charge is -2.71. The van der Waals surface area contributed by atoms with Crippen molar-refractivity contribution in [1.82, 2.24) is 9.80 Å². The normalized spacial score (nSPS) is 26.0. The molecule has 2 saturated heterocycles. The van der Waals surface area contributed by atoms with Gasteiger partial charge in [-0.05, 0) is 36.5 Å². The quantitative estimate of drug-likeness (QED) is 0.868. The summed E-state index contributed by atoms with van der Waals surface area (Å²) < 4.78 is 14.1. The fourth-order valence-corrected chi connectivity index (χ4v) is 5.20. The molecule has 0 unspecified atom stereocenters. The van der Waals surface area contributed by atoms with Gasteiger partial charge in [-0.3, -0.25) is 9.69 Å². The number of hydrogen-bond donors (Lipinski definition) is 1. The van der Waals surface area contributed by atoms with E-state index in [9.17, 15) is 14.3 Å². The molecule has 1 spiro atoms. The number of aliphatic hydroxyl groups excluding tert-OH is 1. The topological polar surface area (TPSA) is 43.8 Å². The van der Waals surface area contributed by atoms with Gasteiger partial charge in [0.1, 0.15) is 5.82 Å². The third-order valence-corrected chi connectivity index (χ3v) is 6.75. The second-order valence-corrected chi connectivity index (χ2v) is 8.48. The van der Waals surface area contributed by atoms with Crippen LogP contribution in [0.4, 0.5) is 4.39 Å². The van der Waals surface area contributed by atoms with E-state index in [1.165, 1.54) is 24.5 Å². The number of amides is 1. The van der Waals surface area contributed by atoms with Crippen molar-refractivity contribution in [1.29, 1.82) is 0 Å². The van der Waals surface area contributed by atoms with Crippen molar-refractivity contribution in [2.45, 2.75) is 30.3 Å². The third kappa shape index (κ3) is 2.68. The number of rotatable bonds is 5. The lowest BCUT2D eigenvalue weighted by Crippen LogP contribution is -2.85. The maximum absolute atomic E-state index is 14.1. The number of halogens is 1. The zero-order valence-electron chi connectivity index (χ0n) is 15.8. The number of carbonyl (C=O) groups is 1. The van der Waals surface area contributed by atoms with Crippen molar-refractivity contribution in [2.24, 2.45) is 5.92 Å². The van der Waals surface area contributed by atoms with Crippen LogP contribution in [0, 0.1) is 11.7 Å². The summed E-state index contributed by atoms with van der Waals surface area (Å²) in [7, 11) is 0. The van der Waals surface area contributed by atoms with Crippen molar-refractivity contribution in [3.05, 3.63) is 71.5 Å².